The van der Waals surface area contributed by atoms with Crippen LogP contribution in [0.5, 0.6) is 5.75 Å². The predicted molar refractivity (Wildman–Crippen MR) is 101 cm³/mol. The minimum Gasteiger partial charge on any atom is -0.495 e. The molecule has 0 saturated heterocycles. The Morgan fingerprint density at radius 3 is 2.89 bits per heavy atom. The number of nitrogens with zero attached hydrogens (tertiary/aromatic N) is 4. The Morgan fingerprint density at radius 1 is 1.26 bits per heavy atom. The van der Waals surface area contributed by atoms with E-state index in [0.717, 1.165) is 15.6 Å². The number of anilines is 1. The Labute approximate surface area is 158 Å². The van der Waals surface area contributed by atoms with Crippen LogP contribution in [0.2, 0.25) is 5.02 Å². The fraction of sp³-hybridized carbons (Fsp3) is 0.111. The van der Waals surface area contributed by atoms with Crippen molar-refractivity contribution >= 4 is 39.7 Å². The molecule has 0 radical (unpaired) electrons. The zero-order valence-electron chi connectivity index (χ0n) is 14.2. The molecule has 0 bridgehead atoms. The van der Waals surface area contributed by atoms with E-state index in [0.29, 0.717) is 22.1 Å². The summed E-state index contributed by atoms with van der Waals surface area (Å²) in [6.07, 6.45) is 1.40. The van der Waals surface area contributed by atoms with Gasteiger partial charge in [0.05, 0.1) is 18.3 Å². The van der Waals surface area contributed by atoms with Gasteiger partial charge in [0.1, 0.15) is 18.6 Å². The van der Waals surface area contributed by atoms with Gasteiger partial charge in [-0.05, 0) is 30.3 Å². The van der Waals surface area contributed by atoms with Crippen LogP contribution < -0.4 is 15.7 Å². The highest BCUT2D eigenvalue weighted by Gasteiger charge is 2.15. The number of ether oxygens (including phenoxy) is 1. The average Bonchev–Trinajstić information content (AvgIpc) is 2.98. The molecule has 2 heterocycles. The molecule has 0 atom stereocenters. The molecule has 9 heteroatoms. The van der Waals surface area contributed by atoms with E-state index < -0.39 is 11.6 Å². The first-order valence-electron chi connectivity index (χ1n) is 8.03. The molecule has 1 amide bonds. The highest BCUT2D eigenvalue weighted by Crippen LogP contribution is 2.27. The molecule has 8 nitrogen and oxygen atoms in total. The summed E-state index contributed by atoms with van der Waals surface area (Å²) in [6.45, 7) is -0.259. The van der Waals surface area contributed by atoms with Gasteiger partial charge < -0.3 is 10.1 Å². The van der Waals surface area contributed by atoms with Crippen LogP contribution in [0.25, 0.3) is 16.6 Å². The van der Waals surface area contributed by atoms with Gasteiger partial charge >= 0.3 is 5.69 Å². The molecule has 2 aromatic carbocycles. The topological polar surface area (TPSA) is 90.5 Å². The van der Waals surface area contributed by atoms with Crippen molar-refractivity contribution in [2.45, 2.75) is 6.54 Å². The standard InChI is InChI=1S/C18H14ClN5O3/c1-27-15-7-6-11(19)8-14(15)21-16(25)9-24-18(26)23-10-20-13-5-3-2-4-12(13)17(23)22-24/h2-8,10H,9H2,1H3,(H,21,25). The van der Waals surface area contributed by atoms with Crippen LogP contribution in [0.1, 0.15) is 0 Å². The molecule has 0 aliphatic heterocycles. The smallest absolute Gasteiger partial charge is 0.352 e. The van der Waals surface area contributed by atoms with Crippen molar-refractivity contribution in [3.05, 3.63) is 64.3 Å². The van der Waals surface area contributed by atoms with Crippen LogP contribution >= 0.6 is 11.6 Å². The molecule has 0 saturated carbocycles. The van der Waals surface area contributed by atoms with E-state index in [1.165, 1.54) is 17.8 Å². The maximum atomic E-state index is 12.5. The summed E-state index contributed by atoms with van der Waals surface area (Å²) in [6, 6.07) is 12.2. The van der Waals surface area contributed by atoms with Crippen LogP contribution in [-0.2, 0) is 11.3 Å². The molecule has 4 rings (SSSR count). The molecule has 0 unspecified atom stereocenters. The highest BCUT2D eigenvalue weighted by atomic mass is 35.5. The number of fused-ring (bicyclic) bond motifs is 3. The third kappa shape index (κ3) is 3.11. The largest absolute Gasteiger partial charge is 0.495 e. The summed E-state index contributed by atoms with van der Waals surface area (Å²) >= 11 is 5.97. The lowest BCUT2D eigenvalue weighted by molar-refractivity contribution is -0.117. The van der Waals surface area contributed by atoms with E-state index in [-0.39, 0.29) is 6.54 Å². The number of amides is 1. The van der Waals surface area contributed by atoms with E-state index in [1.54, 1.807) is 18.2 Å². The van der Waals surface area contributed by atoms with Gasteiger partial charge in [-0.15, -0.1) is 5.10 Å². The lowest BCUT2D eigenvalue weighted by Crippen LogP contribution is -2.28. The summed E-state index contributed by atoms with van der Waals surface area (Å²) < 4.78 is 7.61. The molecule has 1 N–H and O–H groups in total. The van der Waals surface area contributed by atoms with Gasteiger partial charge in [-0.1, -0.05) is 23.7 Å². The Balaban J connectivity index is 1.67. The number of halogens is 1. The second-order valence-corrected chi connectivity index (χ2v) is 6.22. The third-order valence-electron chi connectivity index (χ3n) is 4.06. The minimum atomic E-state index is -0.448. The number of carbonyl (C=O) groups excluding carboxylic acids is 1. The number of benzene rings is 2. The van der Waals surface area contributed by atoms with Gasteiger partial charge in [0.15, 0.2) is 5.65 Å². The van der Waals surface area contributed by atoms with Gasteiger partial charge in [0.2, 0.25) is 5.91 Å². The Kier molecular flexibility index (Phi) is 4.25. The third-order valence-corrected chi connectivity index (χ3v) is 4.29. The highest BCUT2D eigenvalue weighted by molar-refractivity contribution is 6.31. The summed E-state index contributed by atoms with van der Waals surface area (Å²) in [5, 5.41) is 8.16. The number of nitrogens with one attached hydrogen (secondary N) is 1. The first-order chi connectivity index (χ1) is 13.1. The Hall–Kier alpha value is -3.39. The van der Waals surface area contributed by atoms with Gasteiger partial charge in [-0.25, -0.2) is 18.9 Å². The molecule has 27 heavy (non-hydrogen) atoms. The zero-order chi connectivity index (χ0) is 19.0. The molecule has 0 spiro atoms. The van der Waals surface area contributed by atoms with Crippen LogP contribution in [0.4, 0.5) is 5.69 Å². The summed E-state index contributed by atoms with van der Waals surface area (Å²) in [4.78, 5) is 29.2. The van der Waals surface area contributed by atoms with Crippen molar-refractivity contribution in [2.24, 2.45) is 0 Å². The quantitative estimate of drug-likeness (QED) is 0.584. The van der Waals surface area contributed by atoms with Crippen molar-refractivity contribution in [1.82, 2.24) is 19.2 Å². The van der Waals surface area contributed by atoms with Gasteiger partial charge in [-0.3, -0.25) is 4.79 Å². The van der Waals surface area contributed by atoms with Gasteiger partial charge in [-0.2, -0.15) is 0 Å². The number of rotatable bonds is 4. The van der Waals surface area contributed by atoms with Crippen molar-refractivity contribution in [1.29, 1.82) is 0 Å². The second kappa shape index (κ2) is 6.73. The van der Waals surface area contributed by atoms with Crippen molar-refractivity contribution < 1.29 is 9.53 Å². The SMILES string of the molecule is COc1ccc(Cl)cc1NC(=O)Cn1nc2c3ccccc3ncn2c1=O. The molecule has 4 aromatic rings. The normalized spacial score (nSPS) is 11.0. The van der Waals surface area contributed by atoms with E-state index in [4.69, 9.17) is 16.3 Å². The fourth-order valence-corrected chi connectivity index (χ4v) is 2.98. The number of hydrogen-bond donors (Lipinski definition) is 1. The predicted octanol–water partition coefficient (Wildman–Crippen LogP) is 2.34. The summed E-state index contributed by atoms with van der Waals surface area (Å²) in [7, 11) is 1.49. The monoisotopic (exact) mass is 383 g/mol. The number of para-hydroxylation sites is 1. The number of methoxy groups -OCH3 is 1. The first kappa shape index (κ1) is 17.0. The molecular formula is C18H14ClN5O3. The second-order valence-electron chi connectivity index (χ2n) is 5.79. The Bertz CT molecular complexity index is 1230. The lowest BCUT2D eigenvalue weighted by atomic mass is 10.2. The molecular weight excluding hydrogens is 370 g/mol. The maximum absolute atomic E-state index is 12.5. The van der Waals surface area contributed by atoms with Gasteiger partial charge in [0.25, 0.3) is 0 Å². The molecule has 0 aliphatic rings. The maximum Gasteiger partial charge on any atom is 0.352 e. The zero-order valence-corrected chi connectivity index (χ0v) is 15.0. The minimum absolute atomic E-state index is 0.259. The number of aromatic nitrogens is 4. The molecule has 2 aromatic heterocycles. The lowest BCUT2D eigenvalue weighted by Gasteiger charge is -2.10. The first-order valence-corrected chi connectivity index (χ1v) is 8.41. The Morgan fingerprint density at radius 2 is 2.07 bits per heavy atom. The number of carbonyl (C=O) groups is 1. The van der Waals surface area contributed by atoms with E-state index in [1.807, 2.05) is 24.3 Å². The van der Waals surface area contributed by atoms with Crippen LogP contribution in [-0.4, -0.2) is 32.2 Å². The van der Waals surface area contributed by atoms with Crippen LogP contribution in [0.15, 0.2) is 53.6 Å². The molecule has 0 fully saturated rings. The van der Waals surface area contributed by atoms with Crippen LogP contribution in [0, 0.1) is 0 Å². The van der Waals surface area contributed by atoms with Crippen molar-refractivity contribution in [2.75, 3.05) is 12.4 Å². The summed E-state index contributed by atoms with van der Waals surface area (Å²) in [5.74, 6) is 0.0311. The van der Waals surface area contributed by atoms with Crippen molar-refractivity contribution in [3.8, 4) is 5.75 Å². The fourth-order valence-electron chi connectivity index (χ4n) is 2.81. The van der Waals surface area contributed by atoms with E-state index >= 15 is 0 Å². The molecule has 0 aliphatic carbocycles. The summed E-state index contributed by atoms with van der Waals surface area (Å²) in [5.41, 5.74) is 1.13. The number of hydrogen-bond acceptors (Lipinski definition) is 5. The van der Waals surface area contributed by atoms with Crippen molar-refractivity contribution in [3.63, 3.8) is 0 Å². The molecule has 136 valence electrons. The van der Waals surface area contributed by atoms with E-state index in [2.05, 4.69) is 15.4 Å². The van der Waals surface area contributed by atoms with E-state index in [9.17, 15) is 9.59 Å². The van der Waals surface area contributed by atoms with Crippen LogP contribution in [0.3, 0.4) is 0 Å². The average molecular weight is 384 g/mol. The van der Waals surface area contributed by atoms with Gasteiger partial charge in [0, 0.05) is 10.4 Å².